The largest absolute Gasteiger partial charge is 1.00 e. The number of ketones is 1. The fourth-order valence-electron chi connectivity index (χ4n) is 10.7. The van der Waals surface area contributed by atoms with Crippen molar-refractivity contribution in [1.82, 2.24) is 0 Å². The van der Waals surface area contributed by atoms with E-state index in [-0.39, 0.29) is 121 Å². The SMILES string of the molecule is CC[C@H]1CCC[C@H](O[C@H]2CC[C@H]([N+](C)(C)C)[C@@H](C)O2)[C@@H](C)C(=O)C2=C[C@@H]3[C@@H](C=C[C@@H]4C[C@@H](O[C@@H]5O[C@@H](C)[C@H](OC)[C@@H](OC)[C@H]5OC)C[C@@H]34)[C@@H]2CC(=O)O1.[I-]. The molecular weight excluding hydrogens is 805 g/mol. The van der Waals surface area contributed by atoms with Gasteiger partial charge in [0.25, 0.3) is 0 Å². The Bertz CT molecular complexity index is 1340. The van der Waals surface area contributed by atoms with E-state index in [1.807, 2.05) is 13.8 Å². The van der Waals surface area contributed by atoms with Crippen LogP contribution in [0, 0.1) is 35.5 Å². The predicted octanol–water partition coefficient (Wildman–Crippen LogP) is 2.64. The minimum atomic E-state index is -0.594. The van der Waals surface area contributed by atoms with Crippen LogP contribution in [0.1, 0.15) is 85.5 Å². The molecule has 3 aliphatic carbocycles. The molecule has 0 aromatic heterocycles. The van der Waals surface area contributed by atoms with Gasteiger partial charge in [0, 0.05) is 46.0 Å². The maximum Gasteiger partial charge on any atom is 0.306 e. The van der Waals surface area contributed by atoms with Crippen LogP contribution in [0.2, 0.25) is 0 Å². The summed E-state index contributed by atoms with van der Waals surface area (Å²) < 4.78 is 50.6. The van der Waals surface area contributed by atoms with Crippen molar-refractivity contribution in [3.8, 4) is 0 Å². The van der Waals surface area contributed by atoms with Crippen molar-refractivity contribution >= 4 is 11.8 Å². The molecule has 12 heteroatoms. The topological polar surface area (TPSA) is 108 Å². The van der Waals surface area contributed by atoms with Gasteiger partial charge in [-0.2, -0.15) is 0 Å². The first-order valence-electron chi connectivity index (χ1n) is 20.4. The Morgan fingerprint density at radius 3 is 2.19 bits per heavy atom. The lowest BCUT2D eigenvalue weighted by molar-refractivity contribution is -0.901. The van der Waals surface area contributed by atoms with Gasteiger partial charge in [-0.15, -0.1) is 0 Å². The monoisotopic (exact) mass is 873 g/mol. The number of nitrogens with zero attached hydrogens (tertiary/aromatic N) is 1. The zero-order valence-corrected chi connectivity index (χ0v) is 36.5. The van der Waals surface area contributed by atoms with Gasteiger partial charge in [-0.1, -0.05) is 32.1 Å². The van der Waals surface area contributed by atoms with Gasteiger partial charge >= 0.3 is 5.97 Å². The lowest BCUT2D eigenvalue weighted by Crippen LogP contribution is -3.00. The molecule has 0 amide bonds. The number of Topliss-reactive ketones (excluding diaryl/α,β-unsaturated/α-hetero) is 1. The van der Waals surface area contributed by atoms with Gasteiger partial charge in [-0.3, -0.25) is 9.59 Å². The Labute approximate surface area is 341 Å². The van der Waals surface area contributed by atoms with Crippen LogP contribution in [0.4, 0.5) is 0 Å². The highest BCUT2D eigenvalue weighted by molar-refractivity contribution is 5.99. The molecule has 0 spiro atoms. The molecule has 11 nitrogen and oxygen atoms in total. The first-order valence-corrected chi connectivity index (χ1v) is 20.4. The maximum absolute atomic E-state index is 14.7. The molecule has 54 heavy (non-hydrogen) atoms. The van der Waals surface area contributed by atoms with Gasteiger partial charge < -0.3 is 66.4 Å². The predicted molar refractivity (Wildman–Crippen MR) is 199 cm³/mol. The van der Waals surface area contributed by atoms with Crippen LogP contribution < -0.4 is 24.0 Å². The van der Waals surface area contributed by atoms with Crippen molar-refractivity contribution in [3.05, 3.63) is 23.8 Å². The highest BCUT2D eigenvalue weighted by Gasteiger charge is 2.53. The molecule has 308 valence electrons. The minimum Gasteiger partial charge on any atom is -1.00 e. The maximum atomic E-state index is 14.7. The van der Waals surface area contributed by atoms with Crippen LogP contribution in [-0.4, -0.2) is 126 Å². The van der Waals surface area contributed by atoms with Gasteiger partial charge in [-0.05, 0) is 81.6 Å². The van der Waals surface area contributed by atoms with E-state index < -0.39 is 12.4 Å². The molecule has 3 heterocycles. The summed E-state index contributed by atoms with van der Waals surface area (Å²) in [5.74, 6) is 0.0212. The second-order valence-electron chi connectivity index (χ2n) is 17.7. The van der Waals surface area contributed by atoms with E-state index in [4.69, 9.17) is 37.9 Å². The Kier molecular flexibility index (Phi) is 15.3. The van der Waals surface area contributed by atoms with Gasteiger partial charge in [0.1, 0.15) is 36.6 Å². The van der Waals surface area contributed by atoms with Crippen molar-refractivity contribution in [3.63, 3.8) is 0 Å². The van der Waals surface area contributed by atoms with E-state index >= 15 is 0 Å². The van der Waals surface area contributed by atoms with Crippen LogP contribution in [-0.2, 0) is 47.5 Å². The zero-order chi connectivity index (χ0) is 38.2. The first kappa shape index (κ1) is 44.1. The third-order valence-electron chi connectivity index (χ3n) is 13.6. The van der Waals surface area contributed by atoms with Crippen molar-refractivity contribution in [2.24, 2.45) is 35.5 Å². The van der Waals surface area contributed by atoms with Crippen molar-refractivity contribution in [2.75, 3.05) is 42.5 Å². The first-order chi connectivity index (χ1) is 25.3. The smallest absolute Gasteiger partial charge is 0.306 e. The molecule has 6 rings (SSSR count). The number of hydrogen-bond donors (Lipinski definition) is 0. The van der Waals surface area contributed by atoms with Crippen LogP contribution in [0.3, 0.4) is 0 Å². The summed E-state index contributed by atoms with van der Waals surface area (Å²) in [5, 5.41) is 0. The Balaban J connectivity index is 0.00000561. The lowest BCUT2D eigenvalue weighted by Gasteiger charge is -2.44. The molecule has 0 N–H and O–H groups in total. The summed E-state index contributed by atoms with van der Waals surface area (Å²) in [6.45, 7) is 8.21. The van der Waals surface area contributed by atoms with E-state index in [2.05, 4.69) is 53.2 Å². The average molecular weight is 874 g/mol. The number of methoxy groups -OCH3 is 3. The zero-order valence-electron chi connectivity index (χ0n) is 34.3. The van der Waals surface area contributed by atoms with E-state index in [9.17, 15) is 9.59 Å². The molecule has 6 aliphatic rings. The van der Waals surface area contributed by atoms with E-state index in [0.29, 0.717) is 18.4 Å². The van der Waals surface area contributed by atoms with Crippen LogP contribution in [0.5, 0.6) is 0 Å². The number of cyclic esters (lactones) is 1. The number of carbonyl (C=O) groups is 2. The molecular formula is C42H68INO10. The number of rotatable bonds is 9. The minimum absolute atomic E-state index is 0. The highest BCUT2D eigenvalue weighted by atomic mass is 127. The number of quaternary nitrogens is 1. The lowest BCUT2D eigenvalue weighted by atomic mass is 9.70. The Hall–Kier alpha value is -0.970. The standard InChI is InChI=1S/C42H68NO10.HI/c1-11-27-13-12-14-35(53-37-18-17-34(24(3)49-37)43(5,6)7)23(2)38(45)33-21-31-29(32(33)22-36(44)51-27)16-15-26-19-28(20-30(26)31)52-42-41(48-10)40(47-9)39(46-8)25(4)50-42;/h15-16,21,23-32,34-35,37,39-42H,11-14,17-20,22H2,1-10H3;1H/q+1;/p-1/t23-,24-,25+,26-,27+,28-,29-,30-,31-,32+,34+,35+,37+,39+,40-,41-,42+;/m1./s1. The fourth-order valence-corrected chi connectivity index (χ4v) is 10.7. The number of fused-ring (bicyclic) bond motifs is 5. The molecule has 0 aromatic carbocycles. The molecule has 17 atom stereocenters. The van der Waals surface area contributed by atoms with Gasteiger partial charge in [0.15, 0.2) is 18.4 Å². The van der Waals surface area contributed by atoms with E-state index in [1.165, 1.54) is 0 Å². The second kappa shape index (κ2) is 18.7. The van der Waals surface area contributed by atoms with Crippen molar-refractivity contribution in [1.29, 1.82) is 0 Å². The summed E-state index contributed by atoms with van der Waals surface area (Å²) in [4.78, 5) is 28.2. The normalized spacial score (nSPS) is 44.5. The molecule has 0 unspecified atom stereocenters. The molecule has 4 fully saturated rings. The Morgan fingerprint density at radius 1 is 0.815 bits per heavy atom. The molecule has 3 aliphatic heterocycles. The van der Waals surface area contributed by atoms with Crippen LogP contribution in [0.25, 0.3) is 0 Å². The summed E-state index contributed by atoms with van der Waals surface area (Å²) in [7, 11) is 11.6. The van der Waals surface area contributed by atoms with E-state index in [1.54, 1.807) is 21.3 Å². The number of allylic oxidation sites excluding steroid dienone is 4. The number of esters is 1. The summed E-state index contributed by atoms with van der Waals surface area (Å²) in [5.41, 5.74) is 0.766. The average Bonchev–Trinajstić information content (AvgIpc) is 3.69. The third-order valence-corrected chi connectivity index (χ3v) is 13.6. The van der Waals surface area contributed by atoms with Crippen molar-refractivity contribution < 1.29 is 75.9 Å². The number of likely N-dealkylation sites (N-methyl/N-ethyl adjacent to an activating group) is 1. The molecule has 1 saturated carbocycles. The van der Waals surface area contributed by atoms with Gasteiger partial charge in [0.05, 0.1) is 45.9 Å². The molecule has 0 bridgehead atoms. The highest BCUT2D eigenvalue weighted by Crippen LogP contribution is 2.54. The van der Waals surface area contributed by atoms with Crippen LogP contribution >= 0.6 is 0 Å². The summed E-state index contributed by atoms with van der Waals surface area (Å²) in [6.07, 6.45) is 10.9. The van der Waals surface area contributed by atoms with Gasteiger partial charge in [-0.25, -0.2) is 0 Å². The number of hydrogen-bond acceptors (Lipinski definition) is 10. The van der Waals surface area contributed by atoms with E-state index in [0.717, 1.165) is 55.0 Å². The third kappa shape index (κ3) is 9.33. The molecule has 3 saturated heterocycles. The number of halogens is 1. The summed E-state index contributed by atoms with van der Waals surface area (Å²) in [6, 6.07) is 0.390. The number of ether oxygens (including phenoxy) is 8. The quantitative estimate of drug-likeness (QED) is 0.149. The Morgan fingerprint density at radius 2 is 1.54 bits per heavy atom. The van der Waals surface area contributed by atoms with Crippen LogP contribution in [0.15, 0.2) is 23.8 Å². The van der Waals surface area contributed by atoms with Crippen molar-refractivity contribution in [2.45, 2.75) is 153 Å². The number of carbonyl (C=O) groups excluding carboxylic acids is 2. The second-order valence-corrected chi connectivity index (χ2v) is 17.7. The molecule has 0 radical (unpaired) electrons. The fraction of sp³-hybridized carbons (Fsp3) is 0.857. The molecule has 0 aromatic rings. The summed E-state index contributed by atoms with van der Waals surface area (Å²) >= 11 is 0. The van der Waals surface area contributed by atoms with Gasteiger partial charge in [0.2, 0.25) is 0 Å².